The molecule has 1 rings (SSSR count). The van der Waals surface area contributed by atoms with Gasteiger partial charge in [0.25, 0.3) is 0 Å². The summed E-state index contributed by atoms with van der Waals surface area (Å²) in [6, 6.07) is 0.154. The van der Waals surface area contributed by atoms with Gasteiger partial charge in [0.2, 0.25) is 11.8 Å². The van der Waals surface area contributed by atoms with E-state index in [-0.39, 0.29) is 17.9 Å². The largest absolute Gasteiger partial charge is 0.352 e. The van der Waals surface area contributed by atoms with Crippen LogP contribution in [-0.2, 0) is 9.59 Å². The Balaban J connectivity index is 2.32. The highest BCUT2D eigenvalue weighted by molar-refractivity contribution is 6.30. The van der Waals surface area contributed by atoms with E-state index in [4.69, 9.17) is 11.6 Å². The molecule has 1 unspecified atom stereocenters. The van der Waals surface area contributed by atoms with Crippen LogP contribution in [0.25, 0.3) is 0 Å². The van der Waals surface area contributed by atoms with Gasteiger partial charge in [-0.05, 0) is 25.7 Å². The molecule has 0 spiro atoms. The Morgan fingerprint density at radius 3 is 2.28 bits per heavy atom. The number of hydrogen-bond acceptors (Lipinski definition) is 2. The molecule has 1 saturated heterocycles. The maximum atomic E-state index is 11.9. The van der Waals surface area contributed by atoms with Gasteiger partial charge < -0.3 is 10.2 Å². The number of likely N-dealkylation sites (tertiary alicyclic amines) is 1. The van der Waals surface area contributed by atoms with Crippen molar-refractivity contribution in [2.45, 2.75) is 51.5 Å². The molecule has 1 aliphatic heterocycles. The molecule has 0 aromatic heterocycles. The highest BCUT2D eigenvalue weighted by atomic mass is 35.5. The highest BCUT2D eigenvalue weighted by Gasteiger charge is 2.24. The first-order chi connectivity index (χ1) is 8.40. The average molecular weight is 275 g/mol. The lowest BCUT2D eigenvalue weighted by Crippen LogP contribution is -2.48. The third kappa shape index (κ3) is 4.84. The summed E-state index contributed by atoms with van der Waals surface area (Å²) < 4.78 is 0. The first kappa shape index (κ1) is 15.3. The zero-order chi connectivity index (χ0) is 13.7. The number of alkyl halides is 1. The predicted octanol–water partition coefficient (Wildman–Crippen LogP) is 1.77. The van der Waals surface area contributed by atoms with Crippen LogP contribution in [0.3, 0.4) is 0 Å². The number of nitrogens with one attached hydrogen (secondary N) is 1. The van der Waals surface area contributed by atoms with Crippen LogP contribution < -0.4 is 5.32 Å². The summed E-state index contributed by atoms with van der Waals surface area (Å²) in [7, 11) is 0. The molecule has 2 amide bonds. The van der Waals surface area contributed by atoms with Gasteiger partial charge in [-0.15, -0.1) is 11.6 Å². The van der Waals surface area contributed by atoms with Gasteiger partial charge in [0.15, 0.2) is 0 Å². The van der Waals surface area contributed by atoms with E-state index in [0.717, 1.165) is 25.9 Å². The second-order valence-corrected chi connectivity index (χ2v) is 6.03. The van der Waals surface area contributed by atoms with Gasteiger partial charge >= 0.3 is 0 Å². The lowest BCUT2D eigenvalue weighted by molar-refractivity contribution is -0.133. The van der Waals surface area contributed by atoms with E-state index in [9.17, 15) is 9.59 Å². The van der Waals surface area contributed by atoms with E-state index in [0.29, 0.717) is 12.3 Å². The molecule has 0 aromatic carbocycles. The lowest BCUT2D eigenvalue weighted by atomic mass is 10.0. The van der Waals surface area contributed by atoms with Gasteiger partial charge in [-0.25, -0.2) is 0 Å². The number of nitrogens with zero attached hydrogens (tertiary/aromatic N) is 1. The third-order valence-electron chi connectivity index (χ3n) is 3.14. The van der Waals surface area contributed by atoms with E-state index in [2.05, 4.69) is 5.32 Å². The first-order valence-corrected chi connectivity index (χ1v) is 7.06. The molecule has 18 heavy (non-hydrogen) atoms. The standard InChI is InChI=1S/C13H23ClN2O2/c1-9(2)8-12(17)16-6-4-11(5-7-16)15-13(18)10(3)14/h9-11H,4-8H2,1-3H3,(H,15,18). The minimum absolute atomic E-state index is 0.122. The maximum absolute atomic E-state index is 11.9. The lowest BCUT2D eigenvalue weighted by Gasteiger charge is -2.33. The Kier molecular flexibility index (Phi) is 5.93. The van der Waals surface area contributed by atoms with Crippen molar-refractivity contribution in [1.29, 1.82) is 0 Å². The van der Waals surface area contributed by atoms with Crippen LogP contribution in [0.1, 0.15) is 40.0 Å². The second kappa shape index (κ2) is 6.98. The Bertz CT molecular complexity index is 297. The number of hydrogen-bond donors (Lipinski definition) is 1. The van der Waals surface area contributed by atoms with Crippen molar-refractivity contribution in [2.75, 3.05) is 13.1 Å². The fraction of sp³-hybridized carbons (Fsp3) is 0.846. The minimum atomic E-state index is -0.495. The van der Waals surface area contributed by atoms with Crippen molar-refractivity contribution >= 4 is 23.4 Å². The Labute approximate surface area is 114 Å². The number of carbonyl (C=O) groups excluding carboxylic acids is 2. The van der Waals surface area contributed by atoms with Crippen LogP contribution in [0.5, 0.6) is 0 Å². The average Bonchev–Trinajstić information content (AvgIpc) is 2.28. The topological polar surface area (TPSA) is 49.4 Å². The molecule has 0 saturated carbocycles. The summed E-state index contributed by atoms with van der Waals surface area (Å²) in [4.78, 5) is 25.2. The molecule has 1 fully saturated rings. The van der Waals surface area contributed by atoms with Gasteiger partial charge in [-0.2, -0.15) is 0 Å². The Hall–Kier alpha value is -0.770. The van der Waals surface area contributed by atoms with Gasteiger partial charge in [-0.3, -0.25) is 9.59 Å². The van der Waals surface area contributed by atoms with Crippen LogP contribution in [0, 0.1) is 5.92 Å². The summed E-state index contributed by atoms with van der Waals surface area (Å²) in [6.07, 6.45) is 2.24. The van der Waals surface area contributed by atoms with Gasteiger partial charge in [0.1, 0.15) is 5.38 Å². The molecule has 1 heterocycles. The molecule has 1 N–H and O–H groups in total. The molecule has 1 atom stereocenters. The number of amides is 2. The summed E-state index contributed by atoms with van der Waals surface area (Å²) in [5.74, 6) is 0.496. The fourth-order valence-corrected chi connectivity index (χ4v) is 2.13. The van der Waals surface area contributed by atoms with Crippen molar-refractivity contribution in [3.05, 3.63) is 0 Å². The van der Waals surface area contributed by atoms with Crippen LogP contribution in [0.2, 0.25) is 0 Å². The van der Waals surface area contributed by atoms with E-state index < -0.39 is 5.38 Å². The molecular weight excluding hydrogens is 252 g/mol. The van der Waals surface area contributed by atoms with Gasteiger partial charge in [0, 0.05) is 25.6 Å². The van der Waals surface area contributed by atoms with E-state index in [1.165, 1.54) is 0 Å². The van der Waals surface area contributed by atoms with Gasteiger partial charge in [0.05, 0.1) is 0 Å². The molecule has 1 aliphatic rings. The molecule has 0 radical (unpaired) electrons. The van der Waals surface area contributed by atoms with Crippen LogP contribution in [0.4, 0.5) is 0 Å². The van der Waals surface area contributed by atoms with E-state index in [1.54, 1.807) is 6.92 Å². The SMILES string of the molecule is CC(C)CC(=O)N1CCC(NC(=O)C(C)Cl)CC1. The van der Waals surface area contributed by atoms with Crippen LogP contribution in [0.15, 0.2) is 0 Å². The third-order valence-corrected chi connectivity index (χ3v) is 3.34. The second-order valence-electron chi connectivity index (χ2n) is 5.38. The summed E-state index contributed by atoms with van der Waals surface area (Å²) >= 11 is 5.71. The molecule has 5 heteroatoms. The molecule has 0 aliphatic carbocycles. The Morgan fingerprint density at radius 2 is 1.83 bits per heavy atom. The highest BCUT2D eigenvalue weighted by Crippen LogP contribution is 2.14. The molecule has 0 bridgehead atoms. The smallest absolute Gasteiger partial charge is 0.237 e. The number of rotatable bonds is 4. The molecule has 0 aromatic rings. The van der Waals surface area contributed by atoms with E-state index >= 15 is 0 Å². The quantitative estimate of drug-likeness (QED) is 0.795. The van der Waals surface area contributed by atoms with Crippen molar-refractivity contribution in [3.8, 4) is 0 Å². The van der Waals surface area contributed by atoms with Gasteiger partial charge in [-0.1, -0.05) is 13.8 Å². The van der Waals surface area contributed by atoms with Crippen molar-refractivity contribution in [2.24, 2.45) is 5.92 Å². The molecular formula is C13H23ClN2O2. The number of halogens is 1. The van der Waals surface area contributed by atoms with Crippen molar-refractivity contribution in [1.82, 2.24) is 10.2 Å². The fourth-order valence-electron chi connectivity index (χ4n) is 2.07. The zero-order valence-electron chi connectivity index (χ0n) is 11.4. The predicted molar refractivity (Wildman–Crippen MR) is 72.5 cm³/mol. The normalized spacial score (nSPS) is 18.8. The molecule has 104 valence electrons. The summed E-state index contributed by atoms with van der Waals surface area (Å²) in [6.45, 7) is 7.22. The van der Waals surface area contributed by atoms with E-state index in [1.807, 2.05) is 18.7 Å². The minimum Gasteiger partial charge on any atom is -0.352 e. The van der Waals surface area contributed by atoms with Crippen LogP contribution >= 0.6 is 11.6 Å². The summed E-state index contributed by atoms with van der Waals surface area (Å²) in [5.41, 5.74) is 0. The first-order valence-electron chi connectivity index (χ1n) is 6.62. The van der Waals surface area contributed by atoms with Crippen molar-refractivity contribution < 1.29 is 9.59 Å². The van der Waals surface area contributed by atoms with Crippen molar-refractivity contribution in [3.63, 3.8) is 0 Å². The zero-order valence-corrected chi connectivity index (χ0v) is 12.2. The van der Waals surface area contributed by atoms with Crippen LogP contribution in [-0.4, -0.2) is 41.2 Å². The Morgan fingerprint density at radius 1 is 1.28 bits per heavy atom. The summed E-state index contributed by atoms with van der Waals surface area (Å²) in [5, 5.41) is 2.41. The number of piperidine rings is 1. The monoisotopic (exact) mass is 274 g/mol. The molecule has 4 nitrogen and oxygen atoms in total. The number of carbonyl (C=O) groups is 2. The maximum Gasteiger partial charge on any atom is 0.237 e.